The molecule has 0 aliphatic carbocycles. The van der Waals surface area contributed by atoms with Crippen molar-refractivity contribution in [2.24, 2.45) is 0 Å². The van der Waals surface area contributed by atoms with E-state index in [1.165, 1.54) is 18.6 Å². The van der Waals surface area contributed by atoms with Crippen LogP contribution >= 0.6 is 0 Å². The maximum absolute atomic E-state index is 14.0. The standard InChI is InChI=1S/C23H20FN5O3S/c1-33(31)20-14-29(23-26-12-16(13-27-23)17-3-2-6-25-21(17)24)19-11-15(4-5-18(19)20)22(30)28-7-9-32-10-8-28/h2-6,11-14H,7-10H2,1H3. The Morgan fingerprint density at radius 2 is 1.88 bits per heavy atom. The lowest BCUT2D eigenvalue weighted by Gasteiger charge is -2.26. The fourth-order valence-corrected chi connectivity index (χ4v) is 4.59. The van der Waals surface area contributed by atoms with E-state index < -0.39 is 16.7 Å². The molecule has 3 aromatic heterocycles. The lowest BCUT2D eigenvalue weighted by atomic mass is 10.1. The second-order valence-corrected chi connectivity index (χ2v) is 8.92. The Hall–Kier alpha value is -3.50. The van der Waals surface area contributed by atoms with Gasteiger partial charge in [0.05, 0.1) is 34.4 Å². The number of benzene rings is 1. The molecule has 5 rings (SSSR count). The lowest BCUT2D eigenvalue weighted by molar-refractivity contribution is 0.0303. The molecule has 0 saturated carbocycles. The largest absolute Gasteiger partial charge is 0.378 e. The molecule has 1 unspecified atom stereocenters. The number of amides is 1. The minimum Gasteiger partial charge on any atom is -0.378 e. The summed E-state index contributed by atoms with van der Waals surface area (Å²) in [5.74, 6) is -0.369. The van der Waals surface area contributed by atoms with Crippen molar-refractivity contribution in [1.29, 1.82) is 0 Å². The number of halogens is 1. The SMILES string of the molecule is CS(=O)c1cn(-c2ncc(-c3cccnc3F)cn2)c2cc(C(=O)N3CCOCC3)ccc12. The molecule has 0 radical (unpaired) electrons. The average Bonchev–Trinajstić information content (AvgIpc) is 3.24. The number of hydrogen-bond acceptors (Lipinski definition) is 6. The van der Waals surface area contributed by atoms with Crippen LogP contribution < -0.4 is 0 Å². The zero-order valence-corrected chi connectivity index (χ0v) is 18.6. The minimum absolute atomic E-state index is 0.0876. The molecule has 33 heavy (non-hydrogen) atoms. The van der Waals surface area contributed by atoms with Crippen LogP contribution in [0.5, 0.6) is 0 Å². The number of carbonyl (C=O) groups is 1. The molecular weight excluding hydrogens is 445 g/mol. The topological polar surface area (TPSA) is 90.2 Å². The third-order valence-electron chi connectivity index (χ3n) is 5.55. The molecule has 0 bridgehead atoms. The van der Waals surface area contributed by atoms with E-state index in [1.807, 2.05) is 0 Å². The van der Waals surface area contributed by atoms with Crippen LogP contribution in [0, 0.1) is 5.95 Å². The predicted octanol–water partition coefficient (Wildman–Crippen LogP) is 2.83. The van der Waals surface area contributed by atoms with Crippen LogP contribution in [0.2, 0.25) is 0 Å². The number of morpholine rings is 1. The number of hydrogen-bond donors (Lipinski definition) is 0. The third-order valence-corrected chi connectivity index (χ3v) is 6.49. The summed E-state index contributed by atoms with van der Waals surface area (Å²) in [7, 11) is -1.26. The Labute approximate surface area is 191 Å². The van der Waals surface area contributed by atoms with Gasteiger partial charge < -0.3 is 9.64 Å². The van der Waals surface area contributed by atoms with Crippen molar-refractivity contribution in [3.63, 3.8) is 0 Å². The van der Waals surface area contributed by atoms with Crippen molar-refractivity contribution in [2.45, 2.75) is 4.90 Å². The van der Waals surface area contributed by atoms with Crippen molar-refractivity contribution in [3.05, 3.63) is 66.6 Å². The summed E-state index contributed by atoms with van der Waals surface area (Å²) in [6.45, 7) is 2.11. The highest BCUT2D eigenvalue weighted by atomic mass is 32.2. The van der Waals surface area contributed by atoms with Crippen molar-refractivity contribution < 1.29 is 18.1 Å². The molecular formula is C23H20FN5O3S. The maximum Gasteiger partial charge on any atom is 0.254 e. The van der Waals surface area contributed by atoms with Gasteiger partial charge in [-0.2, -0.15) is 4.39 Å². The Morgan fingerprint density at radius 3 is 2.58 bits per heavy atom. The molecule has 1 atom stereocenters. The van der Waals surface area contributed by atoms with E-state index in [4.69, 9.17) is 4.74 Å². The van der Waals surface area contributed by atoms with Gasteiger partial charge in [-0.3, -0.25) is 13.6 Å². The number of aromatic nitrogens is 4. The van der Waals surface area contributed by atoms with E-state index >= 15 is 0 Å². The average molecular weight is 466 g/mol. The van der Waals surface area contributed by atoms with Crippen molar-refractivity contribution >= 4 is 27.6 Å². The van der Waals surface area contributed by atoms with Gasteiger partial charge in [-0.1, -0.05) is 6.07 Å². The molecule has 1 aliphatic rings. The second kappa shape index (κ2) is 8.80. The van der Waals surface area contributed by atoms with Gasteiger partial charge in [0.25, 0.3) is 5.91 Å². The van der Waals surface area contributed by atoms with Gasteiger partial charge in [-0.15, -0.1) is 0 Å². The molecule has 1 amide bonds. The Balaban J connectivity index is 1.57. The smallest absolute Gasteiger partial charge is 0.254 e. The molecule has 1 aliphatic heterocycles. The van der Waals surface area contributed by atoms with Gasteiger partial charge in [0.2, 0.25) is 11.9 Å². The minimum atomic E-state index is -1.26. The van der Waals surface area contributed by atoms with E-state index in [0.717, 1.165) is 5.39 Å². The van der Waals surface area contributed by atoms with E-state index in [-0.39, 0.29) is 5.91 Å². The fourth-order valence-electron chi connectivity index (χ4n) is 3.86. The Morgan fingerprint density at radius 1 is 1.12 bits per heavy atom. The number of carbonyl (C=O) groups excluding carboxylic acids is 1. The first kappa shape index (κ1) is 21.4. The summed E-state index contributed by atoms with van der Waals surface area (Å²) in [5, 5.41) is 0.750. The summed E-state index contributed by atoms with van der Waals surface area (Å²) in [6, 6.07) is 8.56. The molecule has 1 fully saturated rings. The number of nitrogens with zero attached hydrogens (tertiary/aromatic N) is 5. The third kappa shape index (κ3) is 4.03. The highest BCUT2D eigenvalue weighted by Crippen LogP contribution is 2.28. The van der Waals surface area contributed by atoms with E-state index in [2.05, 4.69) is 15.0 Å². The molecule has 8 nitrogen and oxygen atoms in total. The normalized spacial score (nSPS) is 15.0. The number of ether oxygens (including phenoxy) is 1. The first-order valence-electron chi connectivity index (χ1n) is 10.3. The van der Waals surface area contributed by atoms with Gasteiger partial charge in [0, 0.05) is 66.2 Å². The maximum atomic E-state index is 14.0. The second-order valence-electron chi connectivity index (χ2n) is 7.57. The molecule has 1 aromatic carbocycles. The summed E-state index contributed by atoms with van der Waals surface area (Å²) < 4.78 is 33.4. The van der Waals surface area contributed by atoms with Crippen LogP contribution in [0.15, 0.2) is 60.0 Å². The lowest BCUT2D eigenvalue weighted by Crippen LogP contribution is -2.40. The van der Waals surface area contributed by atoms with Gasteiger partial charge in [-0.25, -0.2) is 15.0 Å². The van der Waals surface area contributed by atoms with Crippen LogP contribution in [-0.4, -0.2) is 67.1 Å². The Kier molecular flexibility index (Phi) is 5.69. The number of fused-ring (bicyclic) bond motifs is 1. The molecule has 168 valence electrons. The highest BCUT2D eigenvalue weighted by molar-refractivity contribution is 7.84. The van der Waals surface area contributed by atoms with Crippen molar-refractivity contribution in [3.8, 4) is 17.1 Å². The number of pyridine rings is 1. The van der Waals surface area contributed by atoms with Gasteiger partial charge in [-0.05, 0) is 24.3 Å². The molecule has 10 heteroatoms. The van der Waals surface area contributed by atoms with Crippen LogP contribution in [0.25, 0.3) is 28.0 Å². The molecule has 1 saturated heterocycles. The van der Waals surface area contributed by atoms with E-state index in [9.17, 15) is 13.4 Å². The van der Waals surface area contributed by atoms with E-state index in [1.54, 1.807) is 52.3 Å². The van der Waals surface area contributed by atoms with E-state index in [0.29, 0.717) is 59.4 Å². The Bertz CT molecular complexity index is 1370. The first-order valence-corrected chi connectivity index (χ1v) is 11.9. The molecule has 4 heterocycles. The van der Waals surface area contributed by atoms with Crippen LogP contribution in [0.4, 0.5) is 4.39 Å². The zero-order chi connectivity index (χ0) is 22.9. The summed E-state index contributed by atoms with van der Waals surface area (Å²) in [6.07, 6.45) is 7.71. The van der Waals surface area contributed by atoms with Gasteiger partial charge >= 0.3 is 0 Å². The monoisotopic (exact) mass is 465 g/mol. The van der Waals surface area contributed by atoms with Crippen LogP contribution in [-0.2, 0) is 15.5 Å². The summed E-state index contributed by atoms with van der Waals surface area (Å²) in [4.78, 5) is 27.8. The highest BCUT2D eigenvalue weighted by Gasteiger charge is 2.21. The van der Waals surface area contributed by atoms with Crippen molar-refractivity contribution in [2.75, 3.05) is 32.6 Å². The summed E-state index contributed by atoms with van der Waals surface area (Å²) >= 11 is 0. The van der Waals surface area contributed by atoms with Crippen LogP contribution in [0.3, 0.4) is 0 Å². The number of rotatable bonds is 4. The zero-order valence-electron chi connectivity index (χ0n) is 17.8. The molecule has 0 spiro atoms. The quantitative estimate of drug-likeness (QED) is 0.431. The van der Waals surface area contributed by atoms with Crippen molar-refractivity contribution in [1.82, 2.24) is 24.4 Å². The predicted molar refractivity (Wildman–Crippen MR) is 121 cm³/mol. The van der Waals surface area contributed by atoms with Gasteiger partial charge in [0.1, 0.15) is 0 Å². The molecule has 4 aromatic rings. The summed E-state index contributed by atoms with van der Waals surface area (Å²) in [5.41, 5.74) is 1.98. The first-order chi connectivity index (χ1) is 16.0. The van der Waals surface area contributed by atoms with Gasteiger partial charge in [0.15, 0.2) is 0 Å². The van der Waals surface area contributed by atoms with Crippen LogP contribution in [0.1, 0.15) is 10.4 Å². The molecule has 0 N–H and O–H groups in total. The fraction of sp³-hybridized carbons (Fsp3) is 0.217.